The van der Waals surface area contributed by atoms with Gasteiger partial charge in [0.2, 0.25) is 0 Å². The van der Waals surface area contributed by atoms with Crippen molar-refractivity contribution in [3.05, 3.63) is 57.6 Å². The molecule has 0 heterocycles. The van der Waals surface area contributed by atoms with E-state index in [-0.39, 0.29) is 0 Å². The largest absolute Gasteiger partial charge is 0.355 e. The third-order valence-corrected chi connectivity index (χ3v) is 3.54. The predicted octanol–water partition coefficient (Wildman–Crippen LogP) is 5.35. The molecule has 0 aliphatic rings. The zero-order valence-corrected chi connectivity index (χ0v) is 11.2. The molecular formula is C14H13Cl2N. The fourth-order valence-electron chi connectivity index (χ4n) is 1.62. The fourth-order valence-corrected chi connectivity index (χ4v) is 1.91. The van der Waals surface area contributed by atoms with Crippen molar-refractivity contribution in [3.8, 4) is 0 Å². The molecule has 0 saturated heterocycles. The standard InChI is InChI=1S/C14H13Cl2N/c1-9-4-3-5-14(10(9)2)17-11-6-7-12(15)13(16)8-11/h3-8,17H,1-2H3. The van der Waals surface area contributed by atoms with Crippen LogP contribution >= 0.6 is 23.2 Å². The monoisotopic (exact) mass is 265 g/mol. The van der Waals surface area contributed by atoms with E-state index in [4.69, 9.17) is 23.2 Å². The molecule has 0 saturated carbocycles. The van der Waals surface area contributed by atoms with Gasteiger partial charge in [0.1, 0.15) is 0 Å². The first-order valence-electron chi connectivity index (χ1n) is 5.36. The number of benzene rings is 2. The lowest BCUT2D eigenvalue weighted by molar-refractivity contribution is 1.33. The molecule has 0 amide bonds. The van der Waals surface area contributed by atoms with Crippen LogP contribution in [-0.4, -0.2) is 0 Å². The van der Waals surface area contributed by atoms with Gasteiger partial charge in [-0.3, -0.25) is 0 Å². The van der Waals surface area contributed by atoms with Crippen LogP contribution in [0.2, 0.25) is 10.0 Å². The summed E-state index contributed by atoms with van der Waals surface area (Å²) in [6, 6.07) is 11.7. The second kappa shape index (κ2) is 4.99. The number of rotatable bonds is 2. The van der Waals surface area contributed by atoms with Gasteiger partial charge in [-0.15, -0.1) is 0 Å². The summed E-state index contributed by atoms with van der Waals surface area (Å²) in [5, 5.41) is 4.46. The molecule has 0 fully saturated rings. The molecule has 3 heteroatoms. The first-order valence-corrected chi connectivity index (χ1v) is 6.12. The predicted molar refractivity (Wildman–Crippen MR) is 75.7 cm³/mol. The second-order valence-electron chi connectivity index (χ2n) is 4.00. The van der Waals surface area contributed by atoms with Crippen LogP contribution in [0, 0.1) is 13.8 Å². The fraction of sp³-hybridized carbons (Fsp3) is 0.143. The van der Waals surface area contributed by atoms with Gasteiger partial charge in [0.15, 0.2) is 0 Å². The second-order valence-corrected chi connectivity index (χ2v) is 4.82. The Morgan fingerprint density at radius 3 is 2.41 bits per heavy atom. The van der Waals surface area contributed by atoms with E-state index in [1.165, 1.54) is 11.1 Å². The summed E-state index contributed by atoms with van der Waals surface area (Å²) in [4.78, 5) is 0. The van der Waals surface area contributed by atoms with Gasteiger partial charge in [0.25, 0.3) is 0 Å². The smallest absolute Gasteiger partial charge is 0.0612 e. The van der Waals surface area contributed by atoms with Gasteiger partial charge in [0.05, 0.1) is 10.0 Å². The molecular weight excluding hydrogens is 253 g/mol. The molecule has 0 radical (unpaired) electrons. The van der Waals surface area contributed by atoms with Gasteiger partial charge in [0, 0.05) is 11.4 Å². The van der Waals surface area contributed by atoms with E-state index in [1.54, 1.807) is 6.07 Å². The molecule has 0 aliphatic carbocycles. The van der Waals surface area contributed by atoms with Crippen molar-refractivity contribution in [3.63, 3.8) is 0 Å². The highest BCUT2D eigenvalue weighted by molar-refractivity contribution is 6.42. The Hall–Kier alpha value is -1.18. The van der Waals surface area contributed by atoms with Crippen molar-refractivity contribution in [1.29, 1.82) is 0 Å². The molecule has 0 aromatic heterocycles. The average molecular weight is 266 g/mol. The highest BCUT2D eigenvalue weighted by Gasteiger charge is 2.03. The van der Waals surface area contributed by atoms with E-state index < -0.39 is 0 Å². The number of anilines is 2. The summed E-state index contributed by atoms with van der Waals surface area (Å²) >= 11 is 11.9. The van der Waals surface area contributed by atoms with Crippen molar-refractivity contribution in [2.24, 2.45) is 0 Å². The molecule has 88 valence electrons. The molecule has 0 aliphatic heterocycles. The minimum Gasteiger partial charge on any atom is -0.355 e. The van der Waals surface area contributed by atoms with Crippen molar-refractivity contribution >= 4 is 34.6 Å². The summed E-state index contributed by atoms with van der Waals surface area (Å²) in [6.07, 6.45) is 0. The average Bonchev–Trinajstić information content (AvgIpc) is 2.30. The van der Waals surface area contributed by atoms with Gasteiger partial charge >= 0.3 is 0 Å². The number of halogens is 2. The molecule has 0 unspecified atom stereocenters. The van der Waals surface area contributed by atoms with Crippen LogP contribution in [0.5, 0.6) is 0 Å². The molecule has 1 nitrogen and oxygen atoms in total. The Balaban J connectivity index is 2.31. The quantitative estimate of drug-likeness (QED) is 0.772. The Morgan fingerprint density at radius 1 is 0.941 bits per heavy atom. The number of nitrogens with one attached hydrogen (secondary N) is 1. The molecule has 0 atom stereocenters. The van der Waals surface area contributed by atoms with Gasteiger partial charge in [-0.25, -0.2) is 0 Å². The molecule has 1 N–H and O–H groups in total. The Morgan fingerprint density at radius 2 is 1.71 bits per heavy atom. The molecule has 2 aromatic rings. The number of aryl methyl sites for hydroxylation is 1. The van der Waals surface area contributed by atoms with Crippen molar-refractivity contribution in [2.45, 2.75) is 13.8 Å². The minimum absolute atomic E-state index is 0.557. The highest BCUT2D eigenvalue weighted by atomic mass is 35.5. The third-order valence-electron chi connectivity index (χ3n) is 2.80. The SMILES string of the molecule is Cc1cccc(Nc2ccc(Cl)c(Cl)c2)c1C. The van der Waals surface area contributed by atoms with Crippen molar-refractivity contribution in [2.75, 3.05) is 5.32 Å². The summed E-state index contributed by atoms with van der Waals surface area (Å²) in [5.74, 6) is 0. The van der Waals surface area contributed by atoms with E-state index in [9.17, 15) is 0 Å². The van der Waals surface area contributed by atoms with Gasteiger partial charge in [-0.2, -0.15) is 0 Å². The first-order chi connectivity index (χ1) is 8.08. The van der Waals surface area contributed by atoms with Gasteiger partial charge < -0.3 is 5.32 Å². The van der Waals surface area contributed by atoms with E-state index in [2.05, 4.69) is 25.2 Å². The lowest BCUT2D eigenvalue weighted by Crippen LogP contribution is -1.94. The number of hydrogen-bond acceptors (Lipinski definition) is 1. The lowest BCUT2D eigenvalue weighted by Gasteiger charge is -2.11. The molecule has 2 aromatic carbocycles. The van der Waals surface area contributed by atoms with Crippen LogP contribution < -0.4 is 5.32 Å². The summed E-state index contributed by atoms with van der Waals surface area (Å²) in [6.45, 7) is 4.19. The summed E-state index contributed by atoms with van der Waals surface area (Å²) in [5.41, 5.74) is 4.52. The van der Waals surface area contributed by atoms with Crippen LogP contribution in [0.25, 0.3) is 0 Å². The minimum atomic E-state index is 0.557. The van der Waals surface area contributed by atoms with Crippen molar-refractivity contribution in [1.82, 2.24) is 0 Å². The normalized spacial score (nSPS) is 10.4. The molecule has 0 spiro atoms. The first kappa shape index (κ1) is 12.3. The zero-order chi connectivity index (χ0) is 12.4. The Kier molecular flexibility index (Phi) is 3.60. The van der Waals surface area contributed by atoms with Crippen LogP contribution in [-0.2, 0) is 0 Å². The van der Waals surface area contributed by atoms with Crippen LogP contribution in [0.4, 0.5) is 11.4 Å². The lowest BCUT2D eigenvalue weighted by atomic mass is 10.1. The Labute approximate surface area is 111 Å². The highest BCUT2D eigenvalue weighted by Crippen LogP contribution is 2.28. The maximum atomic E-state index is 5.98. The van der Waals surface area contributed by atoms with E-state index in [0.29, 0.717) is 10.0 Å². The van der Waals surface area contributed by atoms with Gasteiger partial charge in [-0.05, 0) is 49.2 Å². The zero-order valence-electron chi connectivity index (χ0n) is 9.72. The van der Waals surface area contributed by atoms with Crippen LogP contribution in [0.15, 0.2) is 36.4 Å². The van der Waals surface area contributed by atoms with E-state index >= 15 is 0 Å². The van der Waals surface area contributed by atoms with Crippen LogP contribution in [0.3, 0.4) is 0 Å². The summed E-state index contributed by atoms with van der Waals surface area (Å²) < 4.78 is 0. The van der Waals surface area contributed by atoms with Gasteiger partial charge in [-0.1, -0.05) is 35.3 Å². The topological polar surface area (TPSA) is 12.0 Å². The van der Waals surface area contributed by atoms with E-state index in [0.717, 1.165) is 11.4 Å². The molecule has 0 bridgehead atoms. The third kappa shape index (κ3) is 2.74. The molecule has 2 rings (SSSR count). The number of hydrogen-bond donors (Lipinski definition) is 1. The van der Waals surface area contributed by atoms with Crippen LogP contribution in [0.1, 0.15) is 11.1 Å². The van der Waals surface area contributed by atoms with Crippen molar-refractivity contribution < 1.29 is 0 Å². The molecule has 17 heavy (non-hydrogen) atoms. The Bertz CT molecular complexity index is 550. The summed E-state index contributed by atoms with van der Waals surface area (Å²) in [7, 11) is 0. The van der Waals surface area contributed by atoms with E-state index in [1.807, 2.05) is 24.3 Å². The maximum Gasteiger partial charge on any atom is 0.0612 e. The maximum absolute atomic E-state index is 5.98.